The van der Waals surface area contributed by atoms with Crippen LogP contribution < -0.4 is 5.73 Å². The smallest absolute Gasteiger partial charge is 0.0524 e. The van der Waals surface area contributed by atoms with Crippen molar-refractivity contribution in [2.45, 2.75) is 19.3 Å². The van der Waals surface area contributed by atoms with Crippen molar-refractivity contribution < 1.29 is 0 Å². The third-order valence-electron chi connectivity index (χ3n) is 1.97. The number of aromatic nitrogens is 2. The van der Waals surface area contributed by atoms with Crippen molar-refractivity contribution in [3.63, 3.8) is 0 Å². The number of hydrogen-bond acceptors (Lipinski definition) is 2. The summed E-state index contributed by atoms with van der Waals surface area (Å²) < 4.78 is 1.81. The Morgan fingerprint density at radius 3 is 2.82 bits per heavy atom. The summed E-state index contributed by atoms with van der Waals surface area (Å²) in [4.78, 5) is 0. The first-order valence-corrected chi connectivity index (χ1v) is 3.96. The van der Waals surface area contributed by atoms with Gasteiger partial charge in [0.2, 0.25) is 0 Å². The van der Waals surface area contributed by atoms with Crippen LogP contribution in [0, 0.1) is 0 Å². The fourth-order valence-corrected chi connectivity index (χ4v) is 1.19. The lowest BCUT2D eigenvalue weighted by molar-refractivity contribution is 0.672. The Morgan fingerprint density at radius 1 is 1.73 bits per heavy atom. The maximum atomic E-state index is 5.59. The van der Waals surface area contributed by atoms with Gasteiger partial charge in [-0.1, -0.05) is 6.92 Å². The zero-order valence-corrected chi connectivity index (χ0v) is 7.12. The molecule has 0 aromatic carbocycles. The molecule has 3 heteroatoms. The van der Waals surface area contributed by atoms with Crippen molar-refractivity contribution in [2.75, 3.05) is 6.54 Å². The molecule has 0 aliphatic rings. The van der Waals surface area contributed by atoms with Crippen LogP contribution in [0.4, 0.5) is 0 Å². The largest absolute Gasteiger partial charge is 0.330 e. The molecule has 0 amide bonds. The highest BCUT2D eigenvalue weighted by Crippen LogP contribution is 2.16. The highest BCUT2D eigenvalue weighted by molar-refractivity contribution is 5.11. The lowest BCUT2D eigenvalue weighted by Crippen LogP contribution is -2.10. The zero-order valence-electron chi connectivity index (χ0n) is 7.12. The minimum Gasteiger partial charge on any atom is -0.330 e. The van der Waals surface area contributed by atoms with Gasteiger partial charge in [0.1, 0.15) is 0 Å². The molecule has 1 aromatic rings. The third-order valence-corrected chi connectivity index (χ3v) is 1.97. The highest BCUT2D eigenvalue weighted by Gasteiger charge is 2.07. The molecule has 1 heterocycles. The topological polar surface area (TPSA) is 43.8 Å². The van der Waals surface area contributed by atoms with Crippen LogP contribution in [0.5, 0.6) is 0 Å². The molecule has 0 aliphatic heterocycles. The van der Waals surface area contributed by atoms with Crippen LogP contribution in [0.25, 0.3) is 0 Å². The Hall–Kier alpha value is -0.830. The van der Waals surface area contributed by atoms with E-state index in [0.717, 1.165) is 6.42 Å². The van der Waals surface area contributed by atoms with Gasteiger partial charge in [-0.15, -0.1) is 0 Å². The van der Waals surface area contributed by atoms with Crippen LogP contribution in [0.1, 0.15) is 24.8 Å². The first-order valence-electron chi connectivity index (χ1n) is 3.96. The van der Waals surface area contributed by atoms with Gasteiger partial charge in [0.15, 0.2) is 0 Å². The molecule has 1 rings (SSSR count). The van der Waals surface area contributed by atoms with E-state index in [1.54, 1.807) is 0 Å². The monoisotopic (exact) mass is 153 g/mol. The Labute approximate surface area is 67.2 Å². The van der Waals surface area contributed by atoms with Crippen LogP contribution in [-0.2, 0) is 7.05 Å². The standard InChI is InChI=1S/C8H15N3/c1-3-7(4-9)8-5-10-11(2)6-8/h5-7H,3-4,9H2,1-2H3. The summed E-state index contributed by atoms with van der Waals surface area (Å²) in [5, 5.41) is 4.09. The SMILES string of the molecule is CCC(CN)c1cnn(C)c1. The molecule has 1 aromatic heterocycles. The van der Waals surface area contributed by atoms with Crippen molar-refractivity contribution in [2.24, 2.45) is 12.8 Å². The van der Waals surface area contributed by atoms with E-state index in [0.29, 0.717) is 12.5 Å². The van der Waals surface area contributed by atoms with Crippen molar-refractivity contribution in [1.82, 2.24) is 9.78 Å². The number of nitrogens with zero attached hydrogens (tertiary/aromatic N) is 2. The Balaban J connectivity index is 2.73. The lowest BCUT2D eigenvalue weighted by atomic mass is 10.0. The predicted octanol–water partition coefficient (Wildman–Crippen LogP) is 0.872. The van der Waals surface area contributed by atoms with Crippen LogP contribution in [-0.4, -0.2) is 16.3 Å². The molecule has 0 saturated carbocycles. The van der Waals surface area contributed by atoms with Gasteiger partial charge in [-0.25, -0.2) is 0 Å². The quantitative estimate of drug-likeness (QED) is 0.700. The molecule has 3 nitrogen and oxygen atoms in total. The van der Waals surface area contributed by atoms with E-state index in [4.69, 9.17) is 5.73 Å². The second-order valence-corrected chi connectivity index (χ2v) is 2.79. The summed E-state index contributed by atoms with van der Waals surface area (Å²) in [6, 6.07) is 0. The van der Waals surface area contributed by atoms with Crippen molar-refractivity contribution in [1.29, 1.82) is 0 Å². The fraction of sp³-hybridized carbons (Fsp3) is 0.625. The van der Waals surface area contributed by atoms with E-state index in [2.05, 4.69) is 12.0 Å². The normalized spacial score (nSPS) is 13.4. The molecule has 0 fully saturated rings. The van der Waals surface area contributed by atoms with E-state index in [-0.39, 0.29) is 0 Å². The summed E-state index contributed by atoms with van der Waals surface area (Å²) in [5.41, 5.74) is 6.84. The average molecular weight is 153 g/mol. The molecule has 0 radical (unpaired) electrons. The van der Waals surface area contributed by atoms with E-state index < -0.39 is 0 Å². The molecule has 0 saturated heterocycles. The molecule has 0 aliphatic carbocycles. The Morgan fingerprint density at radius 2 is 2.45 bits per heavy atom. The molecule has 1 unspecified atom stereocenters. The van der Waals surface area contributed by atoms with E-state index in [9.17, 15) is 0 Å². The van der Waals surface area contributed by atoms with Crippen molar-refractivity contribution in [3.8, 4) is 0 Å². The molecular weight excluding hydrogens is 138 g/mol. The Bertz CT molecular complexity index is 213. The van der Waals surface area contributed by atoms with Gasteiger partial charge in [-0.05, 0) is 24.4 Å². The Kier molecular flexibility index (Phi) is 2.65. The van der Waals surface area contributed by atoms with Crippen LogP contribution in [0.2, 0.25) is 0 Å². The van der Waals surface area contributed by atoms with Crippen LogP contribution in [0.15, 0.2) is 12.4 Å². The molecule has 11 heavy (non-hydrogen) atoms. The molecule has 62 valence electrons. The first-order chi connectivity index (χ1) is 5.27. The summed E-state index contributed by atoms with van der Waals surface area (Å²) in [6.45, 7) is 2.85. The number of aryl methyl sites for hydroxylation is 1. The fourth-order valence-electron chi connectivity index (χ4n) is 1.19. The van der Waals surface area contributed by atoms with Gasteiger partial charge >= 0.3 is 0 Å². The van der Waals surface area contributed by atoms with Crippen LogP contribution in [0.3, 0.4) is 0 Å². The van der Waals surface area contributed by atoms with Gasteiger partial charge in [0.05, 0.1) is 6.20 Å². The van der Waals surface area contributed by atoms with Gasteiger partial charge in [-0.3, -0.25) is 4.68 Å². The minimum absolute atomic E-state index is 0.476. The van der Waals surface area contributed by atoms with Crippen molar-refractivity contribution >= 4 is 0 Å². The third kappa shape index (κ3) is 1.80. The summed E-state index contributed by atoms with van der Waals surface area (Å²) in [6.07, 6.45) is 5.00. The number of nitrogens with two attached hydrogens (primary N) is 1. The number of hydrogen-bond donors (Lipinski definition) is 1. The lowest BCUT2D eigenvalue weighted by Gasteiger charge is -2.07. The minimum atomic E-state index is 0.476. The predicted molar refractivity (Wildman–Crippen MR) is 45.3 cm³/mol. The maximum Gasteiger partial charge on any atom is 0.0524 e. The molecule has 0 spiro atoms. The maximum absolute atomic E-state index is 5.59. The zero-order chi connectivity index (χ0) is 8.27. The second-order valence-electron chi connectivity index (χ2n) is 2.79. The molecule has 2 N–H and O–H groups in total. The average Bonchev–Trinajstić information content (AvgIpc) is 2.39. The number of rotatable bonds is 3. The summed E-state index contributed by atoms with van der Waals surface area (Å²) in [7, 11) is 1.92. The van der Waals surface area contributed by atoms with E-state index >= 15 is 0 Å². The van der Waals surface area contributed by atoms with Gasteiger partial charge in [0, 0.05) is 13.2 Å². The molecule has 0 bridgehead atoms. The molecular formula is C8H15N3. The summed E-state index contributed by atoms with van der Waals surface area (Å²) >= 11 is 0. The van der Waals surface area contributed by atoms with Crippen molar-refractivity contribution in [3.05, 3.63) is 18.0 Å². The van der Waals surface area contributed by atoms with Gasteiger partial charge in [-0.2, -0.15) is 5.10 Å². The first kappa shape index (κ1) is 8.27. The van der Waals surface area contributed by atoms with E-state index in [1.807, 2.05) is 24.1 Å². The van der Waals surface area contributed by atoms with Gasteiger partial charge < -0.3 is 5.73 Å². The second kappa shape index (κ2) is 3.53. The molecule has 1 atom stereocenters. The van der Waals surface area contributed by atoms with E-state index in [1.165, 1.54) is 5.56 Å². The summed E-state index contributed by atoms with van der Waals surface area (Å²) in [5.74, 6) is 0.476. The van der Waals surface area contributed by atoms with Gasteiger partial charge in [0.25, 0.3) is 0 Å². The highest BCUT2D eigenvalue weighted by atomic mass is 15.2. The van der Waals surface area contributed by atoms with Crippen LogP contribution >= 0.6 is 0 Å².